The van der Waals surface area contributed by atoms with Crippen LogP contribution >= 0.6 is 11.3 Å². The Balaban J connectivity index is 1.36. The maximum Gasteiger partial charge on any atom is 0.296 e. The van der Waals surface area contributed by atoms with Gasteiger partial charge in [0.2, 0.25) is 4.96 Å². The fourth-order valence-electron chi connectivity index (χ4n) is 4.98. The van der Waals surface area contributed by atoms with Gasteiger partial charge in [-0.2, -0.15) is 19.7 Å². The number of fused-ring (bicyclic) bond motifs is 2. The summed E-state index contributed by atoms with van der Waals surface area (Å²) in [6.07, 6.45) is 4.98. The molecule has 9 heteroatoms. The first-order chi connectivity index (χ1) is 19.5. The van der Waals surface area contributed by atoms with Gasteiger partial charge in [-0.3, -0.25) is 9.59 Å². The van der Waals surface area contributed by atoms with E-state index < -0.39 is 5.56 Å². The molecule has 0 radical (unpaired) electrons. The van der Waals surface area contributed by atoms with Crippen LogP contribution < -0.4 is 20.4 Å². The molecular weight excluding hydrogens is 522 g/mol. The molecular formula is C31H23N5O3S. The van der Waals surface area contributed by atoms with E-state index in [1.54, 1.807) is 6.08 Å². The van der Waals surface area contributed by atoms with E-state index in [9.17, 15) is 9.59 Å². The molecule has 0 saturated carbocycles. The molecule has 6 aromatic rings. The summed E-state index contributed by atoms with van der Waals surface area (Å²) in [5.74, 6) is 0.892. The van der Waals surface area contributed by atoms with Gasteiger partial charge in [0.15, 0.2) is 0 Å². The van der Waals surface area contributed by atoms with Crippen molar-refractivity contribution in [1.82, 2.24) is 24.4 Å². The fourth-order valence-corrected chi connectivity index (χ4v) is 5.88. The summed E-state index contributed by atoms with van der Waals surface area (Å²) in [6.45, 7) is 2.05. The molecule has 4 heterocycles. The molecule has 3 aromatic carbocycles. The second-order valence-electron chi connectivity index (χ2n) is 9.80. The molecule has 1 atom stereocenters. The summed E-state index contributed by atoms with van der Waals surface area (Å²) in [5.41, 5.74) is 4.89. The molecule has 0 amide bonds. The molecule has 0 fully saturated rings. The molecule has 0 N–H and O–H groups in total. The van der Waals surface area contributed by atoms with E-state index >= 15 is 0 Å². The normalized spacial score (nSPS) is 14.9. The number of ether oxygens (including phenoxy) is 1. The maximum absolute atomic E-state index is 13.5. The molecule has 196 valence electrons. The first kappa shape index (κ1) is 24.2. The zero-order valence-corrected chi connectivity index (χ0v) is 22.3. The molecule has 7 rings (SSSR count). The number of rotatable bonds is 5. The second-order valence-corrected chi connectivity index (χ2v) is 10.8. The van der Waals surface area contributed by atoms with Crippen molar-refractivity contribution in [3.63, 3.8) is 0 Å². The highest BCUT2D eigenvalue weighted by Crippen LogP contribution is 2.34. The van der Waals surface area contributed by atoms with Crippen molar-refractivity contribution in [2.45, 2.75) is 25.9 Å². The standard InChI is InChI=1S/C31H23N5O3S/c1-19-14-22-16-21(12-13-26(22)39-19)28-23(18-35(34-28)24-10-6-3-7-11-24)17-27-30(38)36-31(40-27)32-29(37)25(33-36)15-20-8-4-2-5-9-20/h2-13,16-19H,14-15H2,1H3. The zero-order chi connectivity index (χ0) is 27.2. The first-order valence-corrected chi connectivity index (χ1v) is 13.8. The van der Waals surface area contributed by atoms with Crippen molar-refractivity contribution < 1.29 is 4.74 Å². The Morgan fingerprint density at radius 3 is 2.58 bits per heavy atom. The van der Waals surface area contributed by atoms with Crippen molar-refractivity contribution in [2.75, 3.05) is 0 Å². The van der Waals surface area contributed by atoms with Crippen molar-refractivity contribution >= 4 is 22.4 Å². The third kappa shape index (κ3) is 4.40. The minimum atomic E-state index is -0.427. The van der Waals surface area contributed by atoms with Crippen LogP contribution in [0.5, 0.6) is 5.75 Å². The number of aromatic nitrogens is 5. The van der Waals surface area contributed by atoms with E-state index in [1.165, 1.54) is 4.52 Å². The number of thiazole rings is 1. The maximum atomic E-state index is 13.5. The molecule has 40 heavy (non-hydrogen) atoms. The average Bonchev–Trinajstić information content (AvgIpc) is 3.64. The molecule has 0 aliphatic carbocycles. The van der Waals surface area contributed by atoms with E-state index in [1.807, 2.05) is 83.7 Å². The molecule has 1 aliphatic rings. The lowest BCUT2D eigenvalue weighted by Crippen LogP contribution is -2.28. The first-order valence-electron chi connectivity index (χ1n) is 13.0. The van der Waals surface area contributed by atoms with Gasteiger partial charge >= 0.3 is 0 Å². The lowest BCUT2D eigenvalue weighted by Gasteiger charge is -2.04. The Kier molecular flexibility index (Phi) is 5.86. The van der Waals surface area contributed by atoms with Gasteiger partial charge < -0.3 is 4.74 Å². The van der Waals surface area contributed by atoms with Crippen LogP contribution in [-0.2, 0) is 12.8 Å². The Morgan fingerprint density at radius 2 is 1.77 bits per heavy atom. The van der Waals surface area contributed by atoms with Gasteiger partial charge in [0.25, 0.3) is 11.1 Å². The monoisotopic (exact) mass is 545 g/mol. The van der Waals surface area contributed by atoms with Crippen molar-refractivity contribution in [2.24, 2.45) is 0 Å². The number of benzene rings is 3. The van der Waals surface area contributed by atoms with E-state index in [-0.39, 0.29) is 22.3 Å². The van der Waals surface area contributed by atoms with Gasteiger partial charge in [-0.25, -0.2) is 4.68 Å². The van der Waals surface area contributed by atoms with Gasteiger partial charge in [0, 0.05) is 30.2 Å². The summed E-state index contributed by atoms with van der Waals surface area (Å²) in [6, 6.07) is 25.4. The van der Waals surface area contributed by atoms with Gasteiger partial charge in [-0.15, -0.1) is 0 Å². The van der Waals surface area contributed by atoms with E-state index in [2.05, 4.69) is 23.1 Å². The van der Waals surface area contributed by atoms with Gasteiger partial charge in [-0.05, 0) is 54.5 Å². The molecule has 0 spiro atoms. The van der Waals surface area contributed by atoms with E-state index in [0.29, 0.717) is 11.0 Å². The zero-order valence-electron chi connectivity index (χ0n) is 21.5. The molecule has 1 aliphatic heterocycles. The SMILES string of the molecule is CC1Cc2cc(-c3nn(-c4ccccc4)cc3C=c3sc4nc(=O)c(Cc5ccccc5)nn4c3=O)ccc2O1. The smallest absolute Gasteiger partial charge is 0.296 e. The highest BCUT2D eigenvalue weighted by Gasteiger charge is 2.21. The predicted molar refractivity (Wildman–Crippen MR) is 154 cm³/mol. The van der Waals surface area contributed by atoms with Gasteiger partial charge in [-0.1, -0.05) is 59.9 Å². The second kappa shape index (κ2) is 9.69. The topological polar surface area (TPSA) is 91.4 Å². The van der Waals surface area contributed by atoms with E-state index in [4.69, 9.17) is 9.84 Å². The van der Waals surface area contributed by atoms with Crippen LogP contribution in [0, 0.1) is 0 Å². The molecule has 8 nitrogen and oxygen atoms in total. The van der Waals surface area contributed by atoms with Crippen LogP contribution in [0.4, 0.5) is 0 Å². The number of nitrogens with zero attached hydrogens (tertiary/aromatic N) is 5. The van der Waals surface area contributed by atoms with Crippen molar-refractivity contribution in [1.29, 1.82) is 0 Å². The lowest BCUT2D eigenvalue weighted by atomic mass is 10.0. The molecule has 3 aromatic heterocycles. The van der Waals surface area contributed by atoms with Crippen LogP contribution in [0.3, 0.4) is 0 Å². The van der Waals surface area contributed by atoms with Crippen molar-refractivity contribution in [3.05, 3.63) is 133 Å². The van der Waals surface area contributed by atoms with E-state index in [0.717, 1.165) is 57.1 Å². The Hall–Kier alpha value is -4.89. The third-order valence-corrected chi connectivity index (χ3v) is 7.84. The predicted octanol–water partition coefficient (Wildman–Crippen LogP) is 3.83. The van der Waals surface area contributed by atoms with Gasteiger partial charge in [0.1, 0.15) is 23.2 Å². The number of hydrogen-bond acceptors (Lipinski definition) is 7. The van der Waals surface area contributed by atoms with Crippen LogP contribution in [-0.4, -0.2) is 30.5 Å². The molecule has 1 unspecified atom stereocenters. The van der Waals surface area contributed by atoms with Gasteiger partial charge in [0.05, 0.1) is 10.2 Å². The molecule has 0 saturated heterocycles. The largest absolute Gasteiger partial charge is 0.490 e. The summed E-state index contributed by atoms with van der Waals surface area (Å²) in [5, 5.41) is 9.31. The summed E-state index contributed by atoms with van der Waals surface area (Å²) in [7, 11) is 0. The fraction of sp³-hybridized carbons (Fsp3) is 0.129. The van der Waals surface area contributed by atoms with Crippen molar-refractivity contribution in [3.8, 4) is 22.7 Å². The van der Waals surface area contributed by atoms with Crippen LogP contribution in [0.25, 0.3) is 28.0 Å². The lowest BCUT2D eigenvalue weighted by molar-refractivity contribution is 0.254. The number of hydrogen-bond donors (Lipinski definition) is 0. The number of para-hydroxylation sites is 1. The Morgan fingerprint density at radius 1 is 1.00 bits per heavy atom. The minimum absolute atomic E-state index is 0.134. The molecule has 0 bridgehead atoms. The third-order valence-electron chi connectivity index (χ3n) is 6.88. The summed E-state index contributed by atoms with van der Waals surface area (Å²) >= 11 is 1.14. The summed E-state index contributed by atoms with van der Waals surface area (Å²) in [4.78, 5) is 30.6. The minimum Gasteiger partial charge on any atom is -0.490 e. The van der Waals surface area contributed by atoms with Crippen LogP contribution in [0.1, 0.15) is 29.3 Å². The van der Waals surface area contributed by atoms with Crippen LogP contribution in [0.2, 0.25) is 0 Å². The van der Waals surface area contributed by atoms with Crippen LogP contribution in [0.15, 0.2) is 94.6 Å². The quantitative estimate of drug-likeness (QED) is 0.327. The Labute approximate surface area is 232 Å². The average molecular weight is 546 g/mol. The Bertz CT molecular complexity index is 2050. The summed E-state index contributed by atoms with van der Waals surface area (Å²) < 4.78 is 9.34. The highest BCUT2D eigenvalue weighted by molar-refractivity contribution is 7.15. The highest BCUT2D eigenvalue weighted by atomic mass is 32.1.